The number of ether oxygens (including phenoxy) is 2. The Morgan fingerprint density at radius 3 is 2.73 bits per heavy atom. The summed E-state index contributed by atoms with van der Waals surface area (Å²) in [6, 6.07) is 0.900. The maximum atomic E-state index is 15.5. The lowest BCUT2D eigenvalue weighted by Gasteiger charge is -2.39. The number of nitrogen functional groups attached to an aromatic ring is 1. The number of alkyl halides is 3. The molecule has 2 aromatic rings. The van der Waals surface area contributed by atoms with Gasteiger partial charge in [-0.25, -0.2) is 8.78 Å². The van der Waals surface area contributed by atoms with Crippen LogP contribution >= 0.6 is 0 Å². The van der Waals surface area contributed by atoms with Gasteiger partial charge in [-0.1, -0.05) is 5.92 Å². The van der Waals surface area contributed by atoms with Crippen LogP contribution < -0.4 is 15.4 Å². The number of hydrogen-bond donors (Lipinski definition) is 2. The molecule has 0 radical (unpaired) electrons. The zero-order valence-corrected chi connectivity index (χ0v) is 25.2. The fourth-order valence-electron chi connectivity index (χ4n) is 7.34. The monoisotopic (exact) mass is 633 g/mol. The zero-order chi connectivity index (χ0) is 32.1. The Balaban J connectivity index is 1.40. The summed E-state index contributed by atoms with van der Waals surface area (Å²) in [5.41, 5.74) is 3.17. The van der Waals surface area contributed by atoms with Crippen molar-refractivity contribution in [1.29, 1.82) is 0 Å². The quantitative estimate of drug-likeness (QED) is 0.263. The highest BCUT2D eigenvalue weighted by atomic mass is 19.4. The molecule has 5 heterocycles. The Morgan fingerprint density at radius 2 is 2.02 bits per heavy atom. The van der Waals surface area contributed by atoms with E-state index >= 15 is 4.39 Å². The van der Waals surface area contributed by atoms with Crippen molar-refractivity contribution < 1.29 is 36.5 Å². The number of fused-ring (bicyclic) bond motifs is 2. The van der Waals surface area contributed by atoms with E-state index in [0.29, 0.717) is 61.3 Å². The van der Waals surface area contributed by atoms with Crippen molar-refractivity contribution >= 4 is 11.5 Å². The summed E-state index contributed by atoms with van der Waals surface area (Å²) < 4.78 is 84.3. The summed E-state index contributed by atoms with van der Waals surface area (Å²) in [5.74, 6) is 4.09. The first-order valence-electron chi connectivity index (χ1n) is 15.1. The van der Waals surface area contributed by atoms with Crippen LogP contribution in [0.3, 0.4) is 0 Å². The topological polar surface area (TPSA) is 97.0 Å². The number of benzene rings is 1. The summed E-state index contributed by atoms with van der Waals surface area (Å²) >= 11 is 0. The van der Waals surface area contributed by atoms with Crippen molar-refractivity contribution in [1.82, 2.24) is 14.9 Å². The first kappa shape index (κ1) is 31.5. The normalized spacial score (nSPS) is 27.7. The molecule has 6 rings (SSSR count). The van der Waals surface area contributed by atoms with Crippen LogP contribution in [0.5, 0.6) is 6.01 Å². The minimum Gasteiger partial charge on any atom is -0.461 e. The highest BCUT2D eigenvalue weighted by Gasteiger charge is 2.48. The largest absolute Gasteiger partial charge is 0.461 e. The first-order valence-corrected chi connectivity index (χ1v) is 15.1. The van der Waals surface area contributed by atoms with E-state index in [9.17, 15) is 22.7 Å². The molecule has 0 saturated carbocycles. The summed E-state index contributed by atoms with van der Waals surface area (Å²) in [7, 11) is 0. The Kier molecular flexibility index (Phi) is 8.20. The Hall–Kier alpha value is -3.47. The SMILES string of the molecule is CC#Cc1cc(N)c(F)c(C2Cc3nc(OCC45CCCN4C/C(=C/F)C5)nc(N4CCCC(C)(O)C4)c3CO2)c1C(F)(F)F. The Bertz CT molecular complexity index is 1580. The molecule has 1 aromatic heterocycles. The van der Waals surface area contributed by atoms with Gasteiger partial charge in [0.25, 0.3) is 0 Å². The summed E-state index contributed by atoms with van der Waals surface area (Å²) in [4.78, 5) is 13.4. The minimum atomic E-state index is -4.93. The molecule has 8 nitrogen and oxygen atoms in total. The Morgan fingerprint density at radius 1 is 1.24 bits per heavy atom. The van der Waals surface area contributed by atoms with E-state index in [1.807, 2.05) is 4.90 Å². The lowest BCUT2D eigenvalue weighted by atomic mass is 9.90. The van der Waals surface area contributed by atoms with E-state index in [4.69, 9.17) is 20.2 Å². The van der Waals surface area contributed by atoms with Crippen molar-refractivity contribution in [3.8, 4) is 17.9 Å². The van der Waals surface area contributed by atoms with Gasteiger partial charge in [0.2, 0.25) is 0 Å². The van der Waals surface area contributed by atoms with Crippen LogP contribution in [-0.2, 0) is 23.9 Å². The molecule has 4 aliphatic heterocycles. The molecule has 3 unspecified atom stereocenters. The molecule has 13 heteroatoms. The third-order valence-electron chi connectivity index (χ3n) is 9.34. The molecule has 0 bridgehead atoms. The van der Waals surface area contributed by atoms with E-state index in [1.54, 1.807) is 6.92 Å². The van der Waals surface area contributed by atoms with Crippen LogP contribution in [0.4, 0.5) is 33.5 Å². The number of aliphatic hydroxyl groups is 1. The lowest BCUT2D eigenvalue weighted by Crippen LogP contribution is -2.47. The Labute approximate surface area is 258 Å². The molecule has 45 heavy (non-hydrogen) atoms. The maximum absolute atomic E-state index is 15.5. The highest BCUT2D eigenvalue weighted by molar-refractivity contribution is 5.59. The van der Waals surface area contributed by atoms with Crippen LogP contribution in [0, 0.1) is 17.7 Å². The first-order chi connectivity index (χ1) is 21.3. The van der Waals surface area contributed by atoms with Gasteiger partial charge in [-0.15, -0.1) is 5.92 Å². The van der Waals surface area contributed by atoms with Crippen LogP contribution in [0.1, 0.15) is 80.0 Å². The highest BCUT2D eigenvalue weighted by Crippen LogP contribution is 2.45. The fraction of sp³-hybridized carbons (Fsp3) is 0.562. The van der Waals surface area contributed by atoms with Gasteiger partial charge in [0.1, 0.15) is 12.4 Å². The zero-order valence-electron chi connectivity index (χ0n) is 25.2. The predicted molar refractivity (Wildman–Crippen MR) is 157 cm³/mol. The van der Waals surface area contributed by atoms with E-state index in [2.05, 4.69) is 21.7 Å². The smallest absolute Gasteiger partial charge is 0.418 e. The van der Waals surface area contributed by atoms with E-state index in [0.717, 1.165) is 25.5 Å². The second-order valence-electron chi connectivity index (χ2n) is 12.8. The van der Waals surface area contributed by atoms with Gasteiger partial charge < -0.3 is 25.2 Å². The standard InChI is InChI=1S/C32H36F5N5O3/c1-3-6-20-11-22(38)27(34)25(26(20)32(35,36)37)24-12-23-21(16-44-24)28(41-9-4-7-30(2,43)17-41)40-29(39-23)45-18-31-8-5-10-42(31)15-19(13-31)14-33/h11,14,24,43H,4-5,7-10,12-13,15-18,38H2,1-2H3/b19-14+. The lowest BCUT2D eigenvalue weighted by molar-refractivity contribution is -0.140. The number of rotatable bonds is 5. The molecular formula is C32H36F5N5O3. The average molecular weight is 634 g/mol. The van der Waals surface area contributed by atoms with Crippen LogP contribution in [-0.4, -0.2) is 63.9 Å². The van der Waals surface area contributed by atoms with Gasteiger partial charge in [-0.05, 0) is 64.1 Å². The molecule has 3 saturated heterocycles. The van der Waals surface area contributed by atoms with Gasteiger partial charge in [-0.3, -0.25) is 4.90 Å². The third-order valence-corrected chi connectivity index (χ3v) is 9.34. The van der Waals surface area contributed by atoms with Gasteiger partial charge in [0.15, 0.2) is 5.82 Å². The van der Waals surface area contributed by atoms with Crippen LogP contribution in [0.15, 0.2) is 18.0 Å². The molecule has 0 aliphatic carbocycles. The van der Waals surface area contributed by atoms with E-state index in [1.165, 1.54) is 6.92 Å². The molecule has 1 aromatic carbocycles. The number of aromatic nitrogens is 2. The summed E-state index contributed by atoms with van der Waals surface area (Å²) in [6.45, 7) is 5.30. The number of nitrogens with two attached hydrogens (primary N) is 1. The number of piperidine rings is 1. The van der Waals surface area contributed by atoms with Gasteiger partial charge in [0.05, 0.1) is 47.1 Å². The molecule has 242 valence electrons. The minimum absolute atomic E-state index is 0.00940. The summed E-state index contributed by atoms with van der Waals surface area (Å²) in [5, 5.41) is 10.8. The van der Waals surface area contributed by atoms with Crippen molar-refractivity contribution in [2.75, 3.05) is 43.4 Å². The molecule has 4 aliphatic rings. The van der Waals surface area contributed by atoms with Gasteiger partial charge in [-0.2, -0.15) is 23.1 Å². The van der Waals surface area contributed by atoms with Crippen LogP contribution in [0.2, 0.25) is 0 Å². The van der Waals surface area contributed by atoms with Crippen molar-refractivity contribution in [3.05, 3.63) is 51.7 Å². The van der Waals surface area contributed by atoms with E-state index < -0.39 is 51.6 Å². The third kappa shape index (κ3) is 5.95. The number of hydrogen-bond acceptors (Lipinski definition) is 8. The van der Waals surface area contributed by atoms with E-state index in [-0.39, 0.29) is 32.2 Å². The number of halogens is 5. The molecule has 0 spiro atoms. The molecule has 3 N–H and O–H groups in total. The summed E-state index contributed by atoms with van der Waals surface area (Å²) in [6.07, 6.45) is -2.30. The second-order valence-corrected chi connectivity index (χ2v) is 12.8. The van der Waals surface area contributed by atoms with Crippen LogP contribution in [0.25, 0.3) is 0 Å². The maximum Gasteiger partial charge on any atom is 0.418 e. The number of nitrogens with zero attached hydrogens (tertiary/aromatic N) is 4. The fourth-order valence-corrected chi connectivity index (χ4v) is 7.34. The number of β-amino-alcohol motifs (C(OH)–C–C–N with tert-alkyl or cyclic N) is 1. The van der Waals surface area contributed by atoms with Crippen molar-refractivity contribution in [3.63, 3.8) is 0 Å². The predicted octanol–water partition coefficient (Wildman–Crippen LogP) is 5.22. The van der Waals surface area contributed by atoms with Crippen molar-refractivity contribution in [2.24, 2.45) is 0 Å². The van der Waals surface area contributed by atoms with Gasteiger partial charge >= 0.3 is 12.2 Å². The van der Waals surface area contributed by atoms with Gasteiger partial charge in [0, 0.05) is 42.7 Å². The van der Waals surface area contributed by atoms with Crippen molar-refractivity contribution in [2.45, 2.75) is 82.4 Å². The molecule has 0 amide bonds. The average Bonchev–Trinajstić information content (AvgIpc) is 3.53. The second kappa shape index (κ2) is 11.7. The molecular weight excluding hydrogens is 597 g/mol. The number of anilines is 2. The molecule has 3 fully saturated rings. The molecule has 3 atom stereocenters.